The van der Waals surface area contributed by atoms with Gasteiger partial charge in [0.25, 0.3) is 0 Å². The maximum absolute atomic E-state index is 12.2. The molecule has 0 aromatic heterocycles. The Morgan fingerprint density at radius 1 is 1.05 bits per heavy atom. The first kappa shape index (κ1) is 17.7. The quantitative estimate of drug-likeness (QED) is 0.690. The molecule has 1 rings (SSSR count). The second-order valence-electron chi connectivity index (χ2n) is 6.00. The molecular weight excluding hydrogens is 271 g/mol. The van der Waals surface area contributed by atoms with Gasteiger partial charge in [-0.1, -0.05) is 6.42 Å². The Bertz CT molecular complexity index is 277. The van der Waals surface area contributed by atoms with Crippen molar-refractivity contribution in [1.29, 1.82) is 0 Å². The molecule has 0 aliphatic carbocycles. The van der Waals surface area contributed by atoms with Crippen LogP contribution in [0.2, 0.25) is 0 Å². The number of unbranched alkanes of at least 4 members (excludes halogenated alkanes) is 1. The third-order valence-corrected chi connectivity index (χ3v) is 3.70. The Hall–Kier alpha value is -0.370. The first-order valence-electron chi connectivity index (χ1n) is 7.13. The summed E-state index contributed by atoms with van der Waals surface area (Å²) >= 11 is 0. The molecule has 1 atom stereocenters. The first-order valence-corrected chi connectivity index (χ1v) is 7.13. The summed E-state index contributed by atoms with van der Waals surface area (Å²) in [6.45, 7) is 4.22. The highest BCUT2D eigenvalue weighted by Crippen LogP contribution is 2.17. The summed E-state index contributed by atoms with van der Waals surface area (Å²) in [6.07, 6.45) is -1.45. The molecule has 0 spiro atoms. The van der Waals surface area contributed by atoms with E-state index in [0.717, 1.165) is 25.8 Å². The molecule has 1 fully saturated rings. The van der Waals surface area contributed by atoms with E-state index in [4.69, 9.17) is 10.8 Å². The van der Waals surface area contributed by atoms with Gasteiger partial charge in [-0.3, -0.25) is 4.90 Å². The van der Waals surface area contributed by atoms with Crippen LogP contribution >= 0.6 is 0 Å². The second kappa shape index (κ2) is 7.59. The summed E-state index contributed by atoms with van der Waals surface area (Å²) in [4.78, 5) is 3.65. The van der Waals surface area contributed by atoms with Crippen molar-refractivity contribution in [2.75, 3.05) is 45.9 Å². The number of hydrogen-bond donors (Lipinski definition) is 2. The van der Waals surface area contributed by atoms with E-state index in [0.29, 0.717) is 26.2 Å². The first-order chi connectivity index (χ1) is 9.22. The van der Waals surface area contributed by atoms with Gasteiger partial charge in [-0.25, -0.2) is 0 Å². The van der Waals surface area contributed by atoms with Gasteiger partial charge in [0, 0.05) is 31.7 Å². The van der Waals surface area contributed by atoms with Crippen LogP contribution < -0.4 is 5.73 Å². The van der Waals surface area contributed by atoms with Crippen LogP contribution in [0.1, 0.15) is 26.2 Å². The van der Waals surface area contributed by atoms with E-state index in [1.54, 1.807) is 0 Å². The van der Waals surface area contributed by atoms with E-state index in [2.05, 4.69) is 4.90 Å². The zero-order valence-corrected chi connectivity index (χ0v) is 12.1. The Morgan fingerprint density at radius 2 is 1.60 bits per heavy atom. The molecule has 0 aromatic carbocycles. The van der Waals surface area contributed by atoms with Gasteiger partial charge < -0.3 is 15.7 Å². The number of alkyl halides is 3. The number of piperazine rings is 1. The van der Waals surface area contributed by atoms with E-state index in [1.165, 1.54) is 4.90 Å². The van der Waals surface area contributed by atoms with Crippen molar-refractivity contribution in [3.63, 3.8) is 0 Å². The van der Waals surface area contributed by atoms with Crippen LogP contribution in [0.25, 0.3) is 0 Å². The van der Waals surface area contributed by atoms with E-state index >= 15 is 0 Å². The van der Waals surface area contributed by atoms with Crippen LogP contribution in [0.4, 0.5) is 13.2 Å². The highest BCUT2D eigenvalue weighted by Gasteiger charge is 2.31. The van der Waals surface area contributed by atoms with Crippen LogP contribution in [0, 0.1) is 0 Å². The summed E-state index contributed by atoms with van der Waals surface area (Å²) < 4.78 is 36.7. The molecule has 0 aromatic rings. The highest BCUT2D eigenvalue weighted by atomic mass is 19.4. The van der Waals surface area contributed by atoms with Crippen molar-refractivity contribution >= 4 is 0 Å². The summed E-state index contributed by atoms with van der Waals surface area (Å²) in [5.74, 6) is 0. The number of aliphatic hydroxyl groups is 1. The standard InChI is InChI=1S/C13H26F3N3O/c1-12(17,11-20)4-2-3-5-18-6-8-19(9-7-18)10-13(14,15)16/h20H,2-11,17H2,1H3. The van der Waals surface area contributed by atoms with Crippen molar-refractivity contribution in [2.24, 2.45) is 5.73 Å². The molecule has 0 amide bonds. The van der Waals surface area contributed by atoms with Gasteiger partial charge in [-0.15, -0.1) is 0 Å². The molecule has 120 valence electrons. The predicted molar refractivity (Wildman–Crippen MR) is 72.5 cm³/mol. The lowest BCUT2D eigenvalue weighted by Gasteiger charge is -2.35. The van der Waals surface area contributed by atoms with Gasteiger partial charge in [-0.05, 0) is 26.3 Å². The maximum atomic E-state index is 12.2. The van der Waals surface area contributed by atoms with E-state index in [1.807, 2.05) is 6.92 Å². The van der Waals surface area contributed by atoms with Crippen molar-refractivity contribution in [2.45, 2.75) is 37.9 Å². The van der Waals surface area contributed by atoms with E-state index in [-0.39, 0.29) is 6.61 Å². The van der Waals surface area contributed by atoms with Crippen molar-refractivity contribution in [3.05, 3.63) is 0 Å². The molecule has 4 nitrogen and oxygen atoms in total. The third-order valence-electron chi connectivity index (χ3n) is 3.70. The topological polar surface area (TPSA) is 52.7 Å². The zero-order chi connectivity index (χ0) is 15.2. The number of halogens is 3. The van der Waals surface area contributed by atoms with E-state index < -0.39 is 18.3 Å². The molecule has 0 radical (unpaired) electrons. The normalized spacial score (nSPS) is 21.9. The lowest BCUT2D eigenvalue weighted by molar-refractivity contribution is -0.149. The number of hydrogen-bond acceptors (Lipinski definition) is 4. The molecule has 20 heavy (non-hydrogen) atoms. The molecule has 1 aliphatic rings. The fourth-order valence-corrected chi connectivity index (χ4v) is 2.37. The summed E-state index contributed by atoms with van der Waals surface area (Å²) in [6, 6.07) is 0. The largest absolute Gasteiger partial charge is 0.401 e. The zero-order valence-electron chi connectivity index (χ0n) is 12.1. The van der Waals surface area contributed by atoms with Crippen molar-refractivity contribution < 1.29 is 18.3 Å². The lowest BCUT2D eigenvalue weighted by Crippen LogP contribution is -2.49. The number of rotatable bonds is 7. The Kier molecular flexibility index (Phi) is 6.71. The van der Waals surface area contributed by atoms with Crippen LogP contribution in [-0.2, 0) is 0 Å². The van der Waals surface area contributed by atoms with Crippen LogP contribution in [-0.4, -0.2) is 72.5 Å². The minimum atomic E-state index is -4.10. The molecular formula is C13H26F3N3O. The van der Waals surface area contributed by atoms with Gasteiger partial charge in [0.2, 0.25) is 0 Å². The molecule has 1 heterocycles. The minimum Gasteiger partial charge on any atom is -0.394 e. The average molecular weight is 297 g/mol. The smallest absolute Gasteiger partial charge is 0.394 e. The van der Waals surface area contributed by atoms with Crippen LogP contribution in [0.5, 0.6) is 0 Å². The SMILES string of the molecule is CC(N)(CO)CCCCN1CCN(CC(F)(F)F)CC1. The number of nitrogens with two attached hydrogens (primary N) is 1. The van der Waals surface area contributed by atoms with Crippen LogP contribution in [0.15, 0.2) is 0 Å². The van der Waals surface area contributed by atoms with Gasteiger partial charge in [0.15, 0.2) is 0 Å². The fraction of sp³-hybridized carbons (Fsp3) is 1.00. The molecule has 0 saturated carbocycles. The predicted octanol–water partition coefficient (Wildman–Crippen LogP) is 1.05. The monoisotopic (exact) mass is 297 g/mol. The van der Waals surface area contributed by atoms with Crippen LogP contribution in [0.3, 0.4) is 0 Å². The summed E-state index contributed by atoms with van der Waals surface area (Å²) in [5.41, 5.74) is 5.31. The highest BCUT2D eigenvalue weighted by molar-refractivity contribution is 4.78. The molecule has 0 bridgehead atoms. The lowest BCUT2D eigenvalue weighted by atomic mass is 9.97. The summed E-state index contributed by atoms with van der Waals surface area (Å²) in [7, 11) is 0. The Balaban J connectivity index is 2.11. The van der Waals surface area contributed by atoms with Crippen molar-refractivity contribution in [1.82, 2.24) is 9.80 Å². The summed E-state index contributed by atoms with van der Waals surface area (Å²) in [5, 5.41) is 9.03. The molecule has 7 heteroatoms. The molecule has 1 aliphatic heterocycles. The fourth-order valence-electron chi connectivity index (χ4n) is 2.37. The molecule has 1 unspecified atom stereocenters. The molecule has 1 saturated heterocycles. The third kappa shape index (κ3) is 7.42. The molecule has 3 N–H and O–H groups in total. The number of aliphatic hydroxyl groups excluding tert-OH is 1. The second-order valence-corrected chi connectivity index (χ2v) is 6.00. The Labute approximate surface area is 118 Å². The minimum absolute atomic E-state index is 0.0247. The number of nitrogens with zero attached hydrogens (tertiary/aromatic N) is 2. The van der Waals surface area contributed by atoms with Gasteiger partial charge in [0.1, 0.15) is 0 Å². The Morgan fingerprint density at radius 3 is 2.10 bits per heavy atom. The van der Waals surface area contributed by atoms with Gasteiger partial charge >= 0.3 is 6.18 Å². The van der Waals surface area contributed by atoms with Gasteiger partial charge in [-0.2, -0.15) is 13.2 Å². The van der Waals surface area contributed by atoms with E-state index in [9.17, 15) is 13.2 Å². The maximum Gasteiger partial charge on any atom is 0.401 e. The van der Waals surface area contributed by atoms with Crippen molar-refractivity contribution in [3.8, 4) is 0 Å². The average Bonchev–Trinajstić information content (AvgIpc) is 2.35. The van der Waals surface area contributed by atoms with Gasteiger partial charge in [0.05, 0.1) is 13.2 Å².